The standard InChI is InChI=1S/C21H22N2O3/c22-17-9-11-23(12-10-17)21(24)20-8-7-19(26-20)14-25-18-6-5-15-3-1-2-4-16(15)13-18/h1-8,13,17H,9-12,14,22H2. The third-order valence-corrected chi connectivity index (χ3v) is 4.80. The fraction of sp³-hybridized carbons (Fsp3) is 0.286. The molecule has 3 aromatic rings. The van der Waals surface area contributed by atoms with Gasteiger partial charge in [0.15, 0.2) is 5.76 Å². The third-order valence-electron chi connectivity index (χ3n) is 4.80. The van der Waals surface area contributed by atoms with Gasteiger partial charge in [0.1, 0.15) is 18.1 Å². The molecular weight excluding hydrogens is 328 g/mol. The zero-order valence-electron chi connectivity index (χ0n) is 14.6. The van der Waals surface area contributed by atoms with Gasteiger partial charge < -0.3 is 19.8 Å². The number of piperidine rings is 1. The number of hydrogen-bond donors (Lipinski definition) is 1. The molecule has 2 aromatic carbocycles. The lowest BCUT2D eigenvalue weighted by molar-refractivity contribution is 0.0678. The van der Waals surface area contributed by atoms with Crippen LogP contribution in [0.1, 0.15) is 29.2 Å². The van der Waals surface area contributed by atoms with Crippen molar-refractivity contribution in [3.05, 3.63) is 66.1 Å². The van der Waals surface area contributed by atoms with Gasteiger partial charge in [0, 0.05) is 19.1 Å². The molecule has 1 aliphatic heterocycles. The highest BCUT2D eigenvalue weighted by molar-refractivity contribution is 5.91. The first kappa shape index (κ1) is 16.7. The molecule has 1 saturated heterocycles. The predicted molar refractivity (Wildman–Crippen MR) is 100 cm³/mol. The first-order chi connectivity index (χ1) is 12.7. The molecule has 0 atom stereocenters. The van der Waals surface area contributed by atoms with Crippen molar-refractivity contribution in [2.45, 2.75) is 25.5 Å². The second-order valence-corrected chi connectivity index (χ2v) is 6.69. The number of carbonyl (C=O) groups is 1. The highest BCUT2D eigenvalue weighted by Crippen LogP contribution is 2.22. The maximum absolute atomic E-state index is 12.5. The quantitative estimate of drug-likeness (QED) is 0.781. The molecule has 0 bridgehead atoms. The van der Waals surface area contributed by atoms with E-state index in [0.29, 0.717) is 24.6 Å². The molecule has 0 unspecified atom stereocenters. The van der Waals surface area contributed by atoms with Crippen molar-refractivity contribution in [3.63, 3.8) is 0 Å². The summed E-state index contributed by atoms with van der Waals surface area (Å²) >= 11 is 0. The number of carbonyl (C=O) groups excluding carboxylic acids is 1. The highest BCUT2D eigenvalue weighted by Gasteiger charge is 2.23. The second kappa shape index (κ2) is 7.22. The lowest BCUT2D eigenvalue weighted by atomic mass is 10.1. The molecule has 1 amide bonds. The Morgan fingerprint density at radius 1 is 1.08 bits per heavy atom. The van der Waals surface area contributed by atoms with Crippen LogP contribution in [0, 0.1) is 0 Å². The number of fused-ring (bicyclic) bond motifs is 1. The Kier molecular flexibility index (Phi) is 4.63. The SMILES string of the molecule is NC1CCN(C(=O)c2ccc(COc3ccc4ccccc4c3)o2)CC1. The van der Waals surface area contributed by atoms with Crippen molar-refractivity contribution in [2.75, 3.05) is 13.1 Å². The minimum Gasteiger partial charge on any atom is -0.486 e. The number of benzene rings is 2. The van der Waals surface area contributed by atoms with Gasteiger partial charge in [-0.25, -0.2) is 0 Å². The number of ether oxygens (including phenoxy) is 1. The maximum atomic E-state index is 12.5. The van der Waals surface area contributed by atoms with Crippen LogP contribution < -0.4 is 10.5 Å². The number of amides is 1. The number of nitrogens with zero attached hydrogens (tertiary/aromatic N) is 1. The molecular formula is C21H22N2O3. The van der Waals surface area contributed by atoms with Crippen molar-refractivity contribution < 1.29 is 13.9 Å². The summed E-state index contributed by atoms with van der Waals surface area (Å²) in [5.74, 6) is 1.69. The molecule has 2 heterocycles. The highest BCUT2D eigenvalue weighted by atomic mass is 16.5. The molecule has 4 rings (SSSR count). The minimum absolute atomic E-state index is 0.0751. The second-order valence-electron chi connectivity index (χ2n) is 6.69. The number of hydrogen-bond acceptors (Lipinski definition) is 4. The van der Waals surface area contributed by atoms with Crippen LogP contribution in [-0.2, 0) is 6.61 Å². The van der Waals surface area contributed by atoms with E-state index in [1.807, 2.05) is 30.3 Å². The minimum atomic E-state index is -0.0751. The van der Waals surface area contributed by atoms with Crippen LogP contribution in [0.15, 0.2) is 59.0 Å². The largest absolute Gasteiger partial charge is 0.486 e. The van der Waals surface area contributed by atoms with Gasteiger partial charge in [0.2, 0.25) is 0 Å². The third kappa shape index (κ3) is 3.58. The van der Waals surface area contributed by atoms with Gasteiger partial charge in [-0.3, -0.25) is 4.79 Å². The van der Waals surface area contributed by atoms with Crippen LogP contribution >= 0.6 is 0 Å². The van der Waals surface area contributed by atoms with E-state index in [0.717, 1.165) is 24.0 Å². The summed E-state index contributed by atoms with van der Waals surface area (Å²) in [6.07, 6.45) is 1.68. The average Bonchev–Trinajstić information content (AvgIpc) is 3.15. The van der Waals surface area contributed by atoms with Crippen LogP contribution in [0.5, 0.6) is 5.75 Å². The fourth-order valence-electron chi connectivity index (χ4n) is 3.24. The lowest BCUT2D eigenvalue weighted by Gasteiger charge is -2.29. The lowest BCUT2D eigenvalue weighted by Crippen LogP contribution is -2.42. The van der Waals surface area contributed by atoms with Gasteiger partial charge >= 0.3 is 0 Å². The van der Waals surface area contributed by atoms with Gasteiger partial charge in [0.25, 0.3) is 5.91 Å². The summed E-state index contributed by atoms with van der Waals surface area (Å²) in [6.45, 7) is 1.66. The number of nitrogens with two attached hydrogens (primary N) is 1. The maximum Gasteiger partial charge on any atom is 0.289 e. The Balaban J connectivity index is 1.39. The number of likely N-dealkylation sites (tertiary alicyclic amines) is 1. The molecule has 1 fully saturated rings. The van der Waals surface area contributed by atoms with E-state index in [9.17, 15) is 4.79 Å². The Hall–Kier alpha value is -2.79. The van der Waals surface area contributed by atoms with Crippen molar-refractivity contribution >= 4 is 16.7 Å². The van der Waals surface area contributed by atoms with Gasteiger partial charge in [-0.05, 0) is 47.9 Å². The molecule has 1 aromatic heterocycles. The summed E-state index contributed by atoms with van der Waals surface area (Å²) in [7, 11) is 0. The van der Waals surface area contributed by atoms with Gasteiger partial charge in [0.05, 0.1) is 0 Å². The van der Waals surface area contributed by atoms with Crippen molar-refractivity contribution in [2.24, 2.45) is 5.73 Å². The van der Waals surface area contributed by atoms with Crippen molar-refractivity contribution in [3.8, 4) is 5.75 Å². The smallest absolute Gasteiger partial charge is 0.289 e. The summed E-state index contributed by atoms with van der Waals surface area (Å²) in [5, 5.41) is 2.30. The summed E-state index contributed by atoms with van der Waals surface area (Å²) in [6, 6.07) is 17.8. The molecule has 0 saturated carbocycles. The van der Waals surface area contributed by atoms with Crippen molar-refractivity contribution in [1.29, 1.82) is 0 Å². The van der Waals surface area contributed by atoms with Gasteiger partial charge in [-0.1, -0.05) is 30.3 Å². The Labute approximate surface area is 152 Å². The summed E-state index contributed by atoms with van der Waals surface area (Å²) in [5.41, 5.74) is 5.89. The zero-order valence-corrected chi connectivity index (χ0v) is 14.6. The van der Waals surface area contributed by atoms with Crippen LogP contribution in [0.4, 0.5) is 0 Å². The number of rotatable bonds is 4. The first-order valence-electron chi connectivity index (χ1n) is 8.94. The Morgan fingerprint density at radius 3 is 2.65 bits per heavy atom. The van der Waals surface area contributed by atoms with E-state index in [4.69, 9.17) is 14.9 Å². The van der Waals surface area contributed by atoms with Crippen LogP contribution in [0.3, 0.4) is 0 Å². The Bertz CT molecular complexity index is 910. The van der Waals surface area contributed by atoms with E-state index in [1.165, 1.54) is 5.39 Å². The first-order valence-corrected chi connectivity index (χ1v) is 8.94. The van der Waals surface area contributed by atoms with Crippen molar-refractivity contribution in [1.82, 2.24) is 4.90 Å². The fourth-order valence-corrected chi connectivity index (χ4v) is 3.24. The molecule has 1 aliphatic rings. The van der Waals surface area contributed by atoms with E-state index in [2.05, 4.69) is 12.1 Å². The predicted octanol–water partition coefficient (Wildman–Crippen LogP) is 3.58. The van der Waals surface area contributed by atoms with Crippen LogP contribution in [0.2, 0.25) is 0 Å². The van der Waals surface area contributed by atoms with Gasteiger partial charge in [-0.2, -0.15) is 0 Å². The summed E-state index contributed by atoms with van der Waals surface area (Å²) < 4.78 is 11.5. The molecule has 2 N–H and O–H groups in total. The summed E-state index contributed by atoms with van der Waals surface area (Å²) in [4.78, 5) is 14.3. The monoisotopic (exact) mass is 350 g/mol. The molecule has 134 valence electrons. The Morgan fingerprint density at radius 2 is 1.85 bits per heavy atom. The average molecular weight is 350 g/mol. The van der Waals surface area contributed by atoms with Gasteiger partial charge in [-0.15, -0.1) is 0 Å². The molecule has 26 heavy (non-hydrogen) atoms. The van der Waals surface area contributed by atoms with Crippen LogP contribution in [-0.4, -0.2) is 29.9 Å². The van der Waals surface area contributed by atoms with E-state index in [-0.39, 0.29) is 18.6 Å². The van der Waals surface area contributed by atoms with Crippen LogP contribution in [0.25, 0.3) is 10.8 Å². The molecule has 0 spiro atoms. The normalized spacial score (nSPS) is 15.3. The molecule has 0 aliphatic carbocycles. The molecule has 5 heteroatoms. The molecule has 5 nitrogen and oxygen atoms in total. The van der Waals surface area contributed by atoms with E-state index >= 15 is 0 Å². The zero-order chi connectivity index (χ0) is 17.9. The van der Waals surface area contributed by atoms with E-state index in [1.54, 1.807) is 17.0 Å². The van der Waals surface area contributed by atoms with E-state index < -0.39 is 0 Å². The topological polar surface area (TPSA) is 68.7 Å². The number of furan rings is 1. The molecule has 0 radical (unpaired) electrons.